The van der Waals surface area contributed by atoms with Crippen molar-refractivity contribution in [2.75, 3.05) is 5.01 Å². The molecule has 7 heteroatoms. The van der Waals surface area contributed by atoms with Gasteiger partial charge in [0.05, 0.1) is 16.3 Å². The number of amides is 1. The zero-order chi connectivity index (χ0) is 23.1. The molecular formula is C25H29N3O3S. The van der Waals surface area contributed by atoms with Gasteiger partial charge >= 0.3 is 0 Å². The molecule has 0 radical (unpaired) electrons. The maximum absolute atomic E-state index is 13.4. The highest BCUT2D eigenvalue weighted by Gasteiger charge is 2.31. The SMILES string of the molecule is CC[C@H](C)[C@H](NS(=O)(=O)c1ccc(C)cc1)C(=O)NN(c1ccccc1)c1ccccc1. The molecule has 3 rings (SSSR count). The lowest BCUT2D eigenvalue weighted by atomic mass is 10.00. The van der Waals surface area contributed by atoms with E-state index in [1.807, 2.05) is 81.4 Å². The lowest BCUT2D eigenvalue weighted by molar-refractivity contribution is -0.123. The average Bonchev–Trinajstić information content (AvgIpc) is 2.81. The monoisotopic (exact) mass is 451 g/mol. The van der Waals surface area contributed by atoms with Crippen LogP contribution in [0.2, 0.25) is 0 Å². The first-order valence-electron chi connectivity index (χ1n) is 10.6. The van der Waals surface area contributed by atoms with E-state index in [2.05, 4.69) is 10.1 Å². The van der Waals surface area contributed by atoms with E-state index in [1.54, 1.807) is 29.3 Å². The Morgan fingerprint density at radius 2 is 1.38 bits per heavy atom. The van der Waals surface area contributed by atoms with Gasteiger partial charge in [-0.1, -0.05) is 74.4 Å². The first-order chi connectivity index (χ1) is 15.3. The second-order valence-electron chi connectivity index (χ2n) is 7.78. The van der Waals surface area contributed by atoms with Gasteiger partial charge in [0.25, 0.3) is 5.91 Å². The molecule has 0 bridgehead atoms. The molecule has 0 aliphatic heterocycles. The molecule has 32 heavy (non-hydrogen) atoms. The summed E-state index contributed by atoms with van der Waals surface area (Å²) in [5, 5.41) is 1.66. The maximum atomic E-state index is 13.4. The summed E-state index contributed by atoms with van der Waals surface area (Å²) in [5.74, 6) is -0.647. The smallest absolute Gasteiger partial charge is 0.257 e. The Morgan fingerprint density at radius 3 is 1.84 bits per heavy atom. The molecule has 0 unspecified atom stereocenters. The number of nitrogens with zero attached hydrogens (tertiary/aromatic N) is 1. The van der Waals surface area contributed by atoms with E-state index >= 15 is 0 Å². The van der Waals surface area contributed by atoms with Crippen LogP contribution in [-0.2, 0) is 14.8 Å². The van der Waals surface area contributed by atoms with Gasteiger partial charge in [0, 0.05) is 0 Å². The molecule has 0 aromatic heterocycles. The van der Waals surface area contributed by atoms with Crippen LogP contribution in [0.25, 0.3) is 0 Å². The zero-order valence-electron chi connectivity index (χ0n) is 18.5. The molecule has 0 fully saturated rings. The van der Waals surface area contributed by atoms with Crippen molar-refractivity contribution in [3.63, 3.8) is 0 Å². The number of benzene rings is 3. The standard InChI is InChI=1S/C25H29N3O3S/c1-4-20(3)24(27-32(30,31)23-17-15-19(2)16-18-23)25(29)26-28(21-11-7-5-8-12-21)22-13-9-6-10-14-22/h5-18,20,24,27H,4H2,1-3H3,(H,26,29)/t20-,24-/m0/s1. The van der Waals surface area contributed by atoms with Gasteiger partial charge < -0.3 is 0 Å². The molecule has 3 aromatic carbocycles. The second-order valence-corrected chi connectivity index (χ2v) is 9.49. The Hall–Kier alpha value is -3.16. The summed E-state index contributed by atoms with van der Waals surface area (Å²) in [4.78, 5) is 13.5. The summed E-state index contributed by atoms with van der Waals surface area (Å²) in [6.45, 7) is 5.68. The van der Waals surface area contributed by atoms with Gasteiger partial charge in [-0.3, -0.25) is 15.2 Å². The van der Waals surface area contributed by atoms with Crippen LogP contribution in [-0.4, -0.2) is 20.4 Å². The van der Waals surface area contributed by atoms with E-state index < -0.39 is 22.0 Å². The number of anilines is 2. The van der Waals surface area contributed by atoms with Crippen LogP contribution in [0.3, 0.4) is 0 Å². The van der Waals surface area contributed by atoms with Crippen molar-refractivity contribution >= 4 is 27.3 Å². The second kappa shape index (κ2) is 10.4. The molecule has 6 nitrogen and oxygen atoms in total. The third-order valence-electron chi connectivity index (χ3n) is 5.36. The number of hydrogen-bond donors (Lipinski definition) is 2. The van der Waals surface area contributed by atoms with Gasteiger partial charge in [-0.25, -0.2) is 8.42 Å². The van der Waals surface area contributed by atoms with Crippen LogP contribution in [0.1, 0.15) is 25.8 Å². The van der Waals surface area contributed by atoms with E-state index in [0.717, 1.165) is 16.9 Å². The van der Waals surface area contributed by atoms with Crippen LogP contribution >= 0.6 is 0 Å². The molecule has 2 atom stereocenters. The Bertz CT molecular complexity index is 1080. The molecule has 168 valence electrons. The number of rotatable bonds is 9. The summed E-state index contributed by atoms with van der Waals surface area (Å²) < 4.78 is 28.6. The van der Waals surface area contributed by atoms with Gasteiger partial charge in [-0.15, -0.1) is 0 Å². The highest BCUT2D eigenvalue weighted by atomic mass is 32.2. The van der Waals surface area contributed by atoms with Gasteiger partial charge in [-0.2, -0.15) is 4.72 Å². The molecule has 0 heterocycles. The van der Waals surface area contributed by atoms with E-state index in [-0.39, 0.29) is 10.8 Å². The third-order valence-corrected chi connectivity index (χ3v) is 6.82. The molecular weight excluding hydrogens is 422 g/mol. The molecule has 2 N–H and O–H groups in total. The van der Waals surface area contributed by atoms with Gasteiger partial charge in [-0.05, 0) is 49.2 Å². The van der Waals surface area contributed by atoms with Gasteiger partial charge in [0.15, 0.2) is 0 Å². The van der Waals surface area contributed by atoms with E-state index in [4.69, 9.17) is 0 Å². The molecule has 0 spiro atoms. The predicted molar refractivity (Wildman–Crippen MR) is 128 cm³/mol. The van der Waals surface area contributed by atoms with Crippen molar-refractivity contribution in [1.29, 1.82) is 0 Å². The first kappa shape index (κ1) is 23.5. The topological polar surface area (TPSA) is 78.5 Å². The van der Waals surface area contributed by atoms with E-state index in [1.165, 1.54) is 0 Å². The lowest BCUT2D eigenvalue weighted by Gasteiger charge is -2.30. The van der Waals surface area contributed by atoms with Crippen molar-refractivity contribution in [3.8, 4) is 0 Å². The number of hydrazine groups is 1. The number of carbonyl (C=O) groups is 1. The van der Waals surface area contributed by atoms with Crippen LogP contribution in [0, 0.1) is 12.8 Å². The zero-order valence-corrected chi connectivity index (χ0v) is 19.3. The van der Waals surface area contributed by atoms with Gasteiger partial charge in [0.2, 0.25) is 10.0 Å². The number of carbonyl (C=O) groups excluding carboxylic acids is 1. The van der Waals surface area contributed by atoms with E-state index in [0.29, 0.717) is 6.42 Å². The van der Waals surface area contributed by atoms with Crippen LogP contribution in [0.5, 0.6) is 0 Å². The largest absolute Gasteiger partial charge is 0.271 e. The summed E-state index contributed by atoms with van der Waals surface area (Å²) in [7, 11) is -3.87. The van der Waals surface area contributed by atoms with Crippen molar-refractivity contribution in [2.24, 2.45) is 5.92 Å². The normalized spacial score (nSPS) is 13.2. The minimum atomic E-state index is -3.87. The number of para-hydroxylation sites is 2. The van der Waals surface area contributed by atoms with Gasteiger partial charge in [0.1, 0.15) is 6.04 Å². The summed E-state index contributed by atoms with van der Waals surface area (Å²) in [6, 6.07) is 24.4. The summed E-state index contributed by atoms with van der Waals surface area (Å²) in [6.07, 6.45) is 0.630. The first-order valence-corrected chi connectivity index (χ1v) is 12.1. The number of aryl methyl sites for hydroxylation is 1. The van der Waals surface area contributed by atoms with Crippen LogP contribution in [0.4, 0.5) is 11.4 Å². The molecule has 1 amide bonds. The van der Waals surface area contributed by atoms with Crippen LogP contribution < -0.4 is 15.2 Å². The molecule has 0 aliphatic rings. The molecule has 3 aromatic rings. The Labute approximate surface area is 190 Å². The Morgan fingerprint density at radius 1 is 0.875 bits per heavy atom. The highest BCUT2D eigenvalue weighted by molar-refractivity contribution is 7.89. The minimum absolute atomic E-state index is 0.132. The quantitative estimate of drug-likeness (QED) is 0.468. The Balaban J connectivity index is 1.90. The Kier molecular flexibility index (Phi) is 7.66. The predicted octanol–water partition coefficient (Wildman–Crippen LogP) is 4.56. The minimum Gasteiger partial charge on any atom is -0.271 e. The fourth-order valence-electron chi connectivity index (χ4n) is 3.23. The fraction of sp³-hybridized carbons (Fsp3) is 0.240. The molecule has 0 saturated carbocycles. The highest BCUT2D eigenvalue weighted by Crippen LogP contribution is 2.23. The number of nitrogens with one attached hydrogen (secondary N) is 2. The number of hydrogen-bond acceptors (Lipinski definition) is 4. The summed E-state index contributed by atoms with van der Waals surface area (Å²) >= 11 is 0. The average molecular weight is 452 g/mol. The lowest BCUT2D eigenvalue weighted by Crippen LogP contribution is -2.53. The van der Waals surface area contributed by atoms with Crippen molar-refractivity contribution in [1.82, 2.24) is 10.1 Å². The van der Waals surface area contributed by atoms with Crippen molar-refractivity contribution in [2.45, 2.75) is 38.1 Å². The maximum Gasteiger partial charge on any atom is 0.257 e. The fourth-order valence-corrected chi connectivity index (χ4v) is 4.53. The molecule has 0 aliphatic carbocycles. The number of sulfonamides is 1. The van der Waals surface area contributed by atoms with Crippen LogP contribution in [0.15, 0.2) is 89.8 Å². The third kappa shape index (κ3) is 5.75. The molecule has 0 saturated heterocycles. The summed E-state index contributed by atoms with van der Waals surface area (Å²) in [5.41, 5.74) is 5.40. The van der Waals surface area contributed by atoms with Crippen molar-refractivity contribution < 1.29 is 13.2 Å². The van der Waals surface area contributed by atoms with E-state index in [9.17, 15) is 13.2 Å². The van der Waals surface area contributed by atoms with Crippen molar-refractivity contribution in [3.05, 3.63) is 90.5 Å².